The third kappa shape index (κ3) is 3.23. The van der Waals surface area contributed by atoms with Crippen molar-refractivity contribution in [1.29, 1.82) is 0 Å². The maximum atomic E-state index is 12.6. The highest BCUT2D eigenvalue weighted by Crippen LogP contribution is 2.37. The van der Waals surface area contributed by atoms with E-state index in [1.54, 1.807) is 16.4 Å². The van der Waals surface area contributed by atoms with Gasteiger partial charge in [0.2, 0.25) is 10.0 Å². The molecule has 1 aliphatic rings. The first-order valence-corrected chi connectivity index (χ1v) is 8.88. The Kier molecular flexibility index (Phi) is 4.55. The van der Waals surface area contributed by atoms with E-state index in [-0.39, 0.29) is 5.41 Å². The monoisotopic (exact) mass is 295 g/mol. The summed E-state index contributed by atoms with van der Waals surface area (Å²) >= 11 is 0. The first-order chi connectivity index (χ1) is 9.37. The van der Waals surface area contributed by atoms with Gasteiger partial charge in [0, 0.05) is 13.1 Å². The van der Waals surface area contributed by atoms with Gasteiger partial charge in [-0.2, -0.15) is 4.31 Å². The fourth-order valence-corrected chi connectivity index (χ4v) is 4.44. The van der Waals surface area contributed by atoms with E-state index in [1.165, 1.54) is 12.8 Å². The van der Waals surface area contributed by atoms with Gasteiger partial charge in [0.25, 0.3) is 0 Å². The van der Waals surface area contributed by atoms with Gasteiger partial charge in [-0.1, -0.05) is 44.4 Å². The summed E-state index contributed by atoms with van der Waals surface area (Å²) in [7, 11) is -3.32. The summed E-state index contributed by atoms with van der Waals surface area (Å²) in [6.45, 7) is 7.67. The van der Waals surface area contributed by atoms with Crippen molar-refractivity contribution in [3.8, 4) is 0 Å². The SMILES string of the molecule is CCCCC1(C)CCN(S(=O)(=O)c2ccc(C)cc2)C1. The summed E-state index contributed by atoms with van der Waals surface area (Å²) in [5.41, 5.74) is 1.23. The van der Waals surface area contributed by atoms with Crippen LogP contribution in [0.25, 0.3) is 0 Å². The smallest absolute Gasteiger partial charge is 0.207 e. The number of aryl methyl sites for hydroxylation is 1. The minimum absolute atomic E-state index is 0.147. The number of benzene rings is 1. The van der Waals surface area contributed by atoms with Crippen LogP contribution in [0, 0.1) is 12.3 Å². The molecule has 1 aromatic carbocycles. The molecule has 1 aliphatic heterocycles. The van der Waals surface area contributed by atoms with Crippen LogP contribution < -0.4 is 0 Å². The molecule has 1 unspecified atom stereocenters. The maximum absolute atomic E-state index is 12.6. The number of hydrogen-bond acceptors (Lipinski definition) is 2. The van der Waals surface area contributed by atoms with E-state index in [4.69, 9.17) is 0 Å². The summed E-state index contributed by atoms with van der Waals surface area (Å²) in [6.07, 6.45) is 4.43. The van der Waals surface area contributed by atoms with Crippen LogP contribution in [0.2, 0.25) is 0 Å². The van der Waals surface area contributed by atoms with Gasteiger partial charge in [-0.25, -0.2) is 8.42 Å². The molecule has 112 valence electrons. The molecular formula is C16H25NO2S. The van der Waals surface area contributed by atoms with Crippen molar-refractivity contribution in [3.63, 3.8) is 0 Å². The highest BCUT2D eigenvalue weighted by atomic mass is 32.2. The van der Waals surface area contributed by atoms with Gasteiger partial charge in [-0.05, 0) is 37.3 Å². The molecule has 0 amide bonds. The number of sulfonamides is 1. The van der Waals surface area contributed by atoms with E-state index >= 15 is 0 Å². The fraction of sp³-hybridized carbons (Fsp3) is 0.625. The molecule has 0 N–H and O–H groups in total. The van der Waals surface area contributed by atoms with Gasteiger partial charge in [-0.3, -0.25) is 0 Å². The van der Waals surface area contributed by atoms with Crippen LogP contribution in [-0.2, 0) is 10.0 Å². The lowest BCUT2D eigenvalue weighted by molar-refractivity contribution is 0.303. The molecule has 1 saturated heterocycles. The highest BCUT2D eigenvalue weighted by molar-refractivity contribution is 7.89. The molecule has 1 heterocycles. The quantitative estimate of drug-likeness (QED) is 0.832. The highest BCUT2D eigenvalue weighted by Gasteiger charge is 2.39. The second-order valence-electron chi connectivity index (χ2n) is 6.32. The van der Waals surface area contributed by atoms with Crippen molar-refractivity contribution >= 4 is 10.0 Å². The molecule has 0 saturated carbocycles. The second-order valence-corrected chi connectivity index (χ2v) is 8.25. The Morgan fingerprint density at radius 3 is 2.50 bits per heavy atom. The van der Waals surface area contributed by atoms with Crippen LogP contribution in [0.3, 0.4) is 0 Å². The van der Waals surface area contributed by atoms with Gasteiger partial charge in [0.15, 0.2) is 0 Å². The molecule has 1 atom stereocenters. The summed E-state index contributed by atoms with van der Waals surface area (Å²) in [6, 6.07) is 7.15. The number of nitrogens with zero attached hydrogens (tertiary/aromatic N) is 1. The van der Waals surface area contributed by atoms with E-state index in [9.17, 15) is 8.42 Å². The lowest BCUT2D eigenvalue weighted by atomic mass is 9.84. The van der Waals surface area contributed by atoms with E-state index in [1.807, 2.05) is 19.1 Å². The van der Waals surface area contributed by atoms with Crippen molar-refractivity contribution < 1.29 is 8.42 Å². The Morgan fingerprint density at radius 1 is 1.25 bits per heavy atom. The second kappa shape index (κ2) is 5.86. The van der Waals surface area contributed by atoms with Crippen molar-refractivity contribution in [1.82, 2.24) is 4.31 Å². The molecular weight excluding hydrogens is 270 g/mol. The van der Waals surface area contributed by atoms with Gasteiger partial charge < -0.3 is 0 Å². The number of unbranched alkanes of at least 4 members (excludes halogenated alkanes) is 1. The molecule has 0 aromatic heterocycles. The standard InChI is InChI=1S/C16H25NO2S/c1-4-5-10-16(3)11-12-17(13-16)20(18,19)15-8-6-14(2)7-9-15/h6-9H,4-5,10-13H2,1-3H3. The van der Waals surface area contributed by atoms with E-state index < -0.39 is 10.0 Å². The van der Waals surface area contributed by atoms with Crippen molar-refractivity contribution in [3.05, 3.63) is 29.8 Å². The fourth-order valence-electron chi connectivity index (χ4n) is 2.85. The number of hydrogen-bond donors (Lipinski definition) is 0. The van der Waals surface area contributed by atoms with Crippen LogP contribution in [0.1, 0.15) is 45.1 Å². The predicted octanol–water partition coefficient (Wildman–Crippen LogP) is 3.59. The van der Waals surface area contributed by atoms with Crippen LogP contribution in [0.5, 0.6) is 0 Å². The van der Waals surface area contributed by atoms with Gasteiger partial charge >= 0.3 is 0 Å². The first kappa shape index (κ1) is 15.5. The third-order valence-corrected chi connectivity index (χ3v) is 6.17. The van der Waals surface area contributed by atoms with Crippen LogP contribution in [0.4, 0.5) is 0 Å². The normalized spacial score (nSPS) is 24.1. The topological polar surface area (TPSA) is 37.4 Å². The summed E-state index contributed by atoms with van der Waals surface area (Å²) in [5, 5.41) is 0. The molecule has 3 nitrogen and oxygen atoms in total. The molecule has 20 heavy (non-hydrogen) atoms. The van der Waals surface area contributed by atoms with Crippen LogP contribution >= 0.6 is 0 Å². The molecule has 0 radical (unpaired) electrons. The van der Waals surface area contributed by atoms with Gasteiger partial charge in [0.05, 0.1) is 4.90 Å². The van der Waals surface area contributed by atoms with Crippen molar-refractivity contribution in [2.45, 2.75) is 51.3 Å². The lowest BCUT2D eigenvalue weighted by Gasteiger charge is -2.24. The molecule has 4 heteroatoms. The Morgan fingerprint density at radius 2 is 1.90 bits per heavy atom. The average molecular weight is 295 g/mol. The zero-order valence-electron chi connectivity index (χ0n) is 12.7. The van der Waals surface area contributed by atoms with Crippen LogP contribution in [-0.4, -0.2) is 25.8 Å². The van der Waals surface area contributed by atoms with E-state index in [0.717, 1.165) is 18.4 Å². The predicted molar refractivity (Wildman–Crippen MR) is 82.2 cm³/mol. The molecule has 0 aliphatic carbocycles. The first-order valence-electron chi connectivity index (χ1n) is 7.44. The third-order valence-electron chi connectivity index (χ3n) is 4.32. The van der Waals surface area contributed by atoms with Crippen LogP contribution in [0.15, 0.2) is 29.2 Å². The Balaban J connectivity index is 2.14. The Bertz CT molecular complexity index is 550. The largest absolute Gasteiger partial charge is 0.243 e. The molecule has 2 rings (SSSR count). The zero-order chi connectivity index (χ0) is 14.8. The molecule has 0 spiro atoms. The summed E-state index contributed by atoms with van der Waals surface area (Å²) in [4.78, 5) is 0.419. The molecule has 1 fully saturated rings. The number of rotatable bonds is 5. The van der Waals surface area contributed by atoms with E-state index in [2.05, 4.69) is 13.8 Å². The zero-order valence-corrected chi connectivity index (χ0v) is 13.5. The van der Waals surface area contributed by atoms with Crippen molar-refractivity contribution in [2.75, 3.05) is 13.1 Å². The Labute approximate surface area is 123 Å². The maximum Gasteiger partial charge on any atom is 0.243 e. The summed E-state index contributed by atoms with van der Waals surface area (Å²) < 4.78 is 26.9. The van der Waals surface area contributed by atoms with Gasteiger partial charge in [-0.15, -0.1) is 0 Å². The Hall–Kier alpha value is -0.870. The lowest BCUT2D eigenvalue weighted by Crippen LogP contribution is -2.31. The van der Waals surface area contributed by atoms with E-state index in [0.29, 0.717) is 18.0 Å². The molecule has 1 aromatic rings. The minimum Gasteiger partial charge on any atom is -0.207 e. The van der Waals surface area contributed by atoms with Crippen molar-refractivity contribution in [2.24, 2.45) is 5.41 Å². The minimum atomic E-state index is -3.32. The van der Waals surface area contributed by atoms with Gasteiger partial charge in [0.1, 0.15) is 0 Å². The average Bonchev–Trinajstić information content (AvgIpc) is 2.81. The molecule has 0 bridgehead atoms. The summed E-state index contributed by atoms with van der Waals surface area (Å²) in [5.74, 6) is 0.